The van der Waals surface area contributed by atoms with Gasteiger partial charge in [0.1, 0.15) is 0 Å². The molecule has 2 rings (SSSR count). The molecular weight excluding hydrogens is 258 g/mol. The highest BCUT2D eigenvalue weighted by Crippen LogP contribution is 2.37. The lowest BCUT2D eigenvalue weighted by molar-refractivity contribution is -0.135. The Morgan fingerprint density at radius 3 is 2.40 bits per heavy atom. The second kappa shape index (κ2) is 6.22. The predicted molar refractivity (Wildman–Crippen MR) is 73.6 cm³/mol. The van der Waals surface area contributed by atoms with Crippen LogP contribution in [-0.2, 0) is 9.59 Å². The van der Waals surface area contributed by atoms with Crippen molar-refractivity contribution < 1.29 is 19.8 Å². The maximum absolute atomic E-state index is 11.3. The Hall–Kier alpha value is -0.940. The van der Waals surface area contributed by atoms with Crippen molar-refractivity contribution in [3.63, 3.8) is 0 Å². The van der Waals surface area contributed by atoms with E-state index in [9.17, 15) is 19.8 Å². The zero-order chi connectivity index (χ0) is 14.9. The number of hydrogen-bond donors (Lipinski definition) is 3. The van der Waals surface area contributed by atoms with E-state index in [-0.39, 0.29) is 42.4 Å². The molecule has 5 heteroatoms. The molecule has 1 aliphatic heterocycles. The molecule has 5 nitrogen and oxygen atoms in total. The van der Waals surface area contributed by atoms with Crippen LogP contribution in [0.1, 0.15) is 46.0 Å². The van der Waals surface area contributed by atoms with E-state index in [4.69, 9.17) is 0 Å². The highest BCUT2D eigenvalue weighted by atomic mass is 16.3. The number of imide groups is 1. The topological polar surface area (TPSA) is 86.6 Å². The lowest BCUT2D eigenvalue weighted by Crippen LogP contribution is -2.44. The second-order valence-electron chi connectivity index (χ2n) is 6.76. The summed E-state index contributed by atoms with van der Waals surface area (Å²) in [6, 6.07) is 0. The summed E-state index contributed by atoms with van der Waals surface area (Å²) in [6.45, 7) is 4.15. The van der Waals surface area contributed by atoms with Gasteiger partial charge in [0.2, 0.25) is 11.8 Å². The molecule has 0 spiro atoms. The van der Waals surface area contributed by atoms with Gasteiger partial charge in [0.25, 0.3) is 0 Å². The molecule has 2 aliphatic rings. The molecule has 0 radical (unpaired) electrons. The van der Waals surface area contributed by atoms with Crippen molar-refractivity contribution in [2.75, 3.05) is 0 Å². The molecule has 114 valence electrons. The molecule has 1 saturated heterocycles. The van der Waals surface area contributed by atoms with Crippen LogP contribution < -0.4 is 5.32 Å². The van der Waals surface area contributed by atoms with Crippen molar-refractivity contribution in [2.24, 2.45) is 23.7 Å². The highest BCUT2D eigenvalue weighted by Gasteiger charge is 2.38. The van der Waals surface area contributed by atoms with Gasteiger partial charge in [-0.2, -0.15) is 0 Å². The SMILES string of the molecule is C[C@@H]1C[C@@H]([C@H](O)CC2CC(=O)NC(=O)C2)[C@@H](O)[C@@H](C)C1. The maximum Gasteiger partial charge on any atom is 0.226 e. The lowest BCUT2D eigenvalue weighted by Gasteiger charge is -2.40. The van der Waals surface area contributed by atoms with Crippen LogP contribution in [0.5, 0.6) is 0 Å². The zero-order valence-corrected chi connectivity index (χ0v) is 12.2. The fraction of sp³-hybridized carbons (Fsp3) is 0.867. The van der Waals surface area contributed by atoms with Crippen molar-refractivity contribution in [3.05, 3.63) is 0 Å². The first-order valence-corrected chi connectivity index (χ1v) is 7.55. The van der Waals surface area contributed by atoms with E-state index in [2.05, 4.69) is 12.2 Å². The lowest BCUT2D eigenvalue weighted by atomic mass is 9.70. The fourth-order valence-corrected chi connectivity index (χ4v) is 3.82. The molecule has 0 unspecified atom stereocenters. The minimum absolute atomic E-state index is 0.106. The average molecular weight is 283 g/mol. The Balaban J connectivity index is 1.94. The van der Waals surface area contributed by atoms with Crippen LogP contribution in [0.4, 0.5) is 0 Å². The number of carbonyl (C=O) groups is 2. The Morgan fingerprint density at radius 1 is 1.20 bits per heavy atom. The fourth-order valence-electron chi connectivity index (χ4n) is 3.82. The number of piperidine rings is 1. The smallest absolute Gasteiger partial charge is 0.226 e. The number of aliphatic hydroxyl groups is 2. The number of amides is 2. The molecule has 2 amide bonds. The molecule has 1 aliphatic carbocycles. The summed E-state index contributed by atoms with van der Waals surface area (Å²) in [5, 5.41) is 22.9. The van der Waals surface area contributed by atoms with E-state index >= 15 is 0 Å². The summed E-state index contributed by atoms with van der Waals surface area (Å²) in [7, 11) is 0. The van der Waals surface area contributed by atoms with Gasteiger partial charge in [-0.05, 0) is 37.0 Å². The first-order chi connectivity index (χ1) is 9.36. The van der Waals surface area contributed by atoms with E-state index in [1.807, 2.05) is 6.92 Å². The number of nitrogens with one attached hydrogen (secondary N) is 1. The molecule has 0 bridgehead atoms. The number of hydrogen-bond acceptors (Lipinski definition) is 4. The molecule has 2 fully saturated rings. The molecule has 0 aromatic carbocycles. The summed E-state index contributed by atoms with van der Waals surface area (Å²) >= 11 is 0. The van der Waals surface area contributed by atoms with Crippen LogP contribution in [-0.4, -0.2) is 34.2 Å². The van der Waals surface area contributed by atoms with E-state index < -0.39 is 12.2 Å². The molecule has 1 saturated carbocycles. The van der Waals surface area contributed by atoms with E-state index in [1.54, 1.807) is 0 Å². The van der Waals surface area contributed by atoms with Gasteiger partial charge < -0.3 is 10.2 Å². The largest absolute Gasteiger partial charge is 0.393 e. The van der Waals surface area contributed by atoms with Crippen molar-refractivity contribution in [2.45, 2.75) is 58.2 Å². The molecular formula is C15H25NO4. The molecule has 20 heavy (non-hydrogen) atoms. The van der Waals surface area contributed by atoms with Crippen LogP contribution in [0.15, 0.2) is 0 Å². The van der Waals surface area contributed by atoms with Gasteiger partial charge in [-0.15, -0.1) is 0 Å². The summed E-state index contributed by atoms with van der Waals surface area (Å²) in [5.74, 6) is -0.0902. The molecule has 3 N–H and O–H groups in total. The van der Waals surface area contributed by atoms with Gasteiger partial charge in [-0.1, -0.05) is 13.8 Å². The molecule has 0 aromatic heterocycles. The first kappa shape index (κ1) is 15.4. The average Bonchev–Trinajstić information content (AvgIpc) is 2.32. The zero-order valence-electron chi connectivity index (χ0n) is 12.2. The molecule has 5 atom stereocenters. The second-order valence-corrected chi connectivity index (χ2v) is 6.76. The minimum Gasteiger partial charge on any atom is -0.393 e. The first-order valence-electron chi connectivity index (χ1n) is 7.55. The number of rotatable bonds is 3. The van der Waals surface area contributed by atoms with Crippen molar-refractivity contribution in [1.82, 2.24) is 5.32 Å². The third-order valence-corrected chi connectivity index (χ3v) is 4.77. The third kappa shape index (κ3) is 3.58. The minimum atomic E-state index is -0.640. The van der Waals surface area contributed by atoms with Gasteiger partial charge in [-0.25, -0.2) is 0 Å². The number of aliphatic hydroxyl groups excluding tert-OH is 2. The van der Waals surface area contributed by atoms with Crippen molar-refractivity contribution in [1.29, 1.82) is 0 Å². The predicted octanol–water partition coefficient (Wildman–Crippen LogP) is 0.833. The normalized spacial score (nSPS) is 37.6. The van der Waals surface area contributed by atoms with E-state index in [0.29, 0.717) is 12.3 Å². The van der Waals surface area contributed by atoms with Crippen LogP contribution in [0.3, 0.4) is 0 Å². The van der Waals surface area contributed by atoms with E-state index in [1.165, 1.54) is 0 Å². The Bertz CT molecular complexity index is 368. The van der Waals surface area contributed by atoms with Gasteiger partial charge in [-0.3, -0.25) is 14.9 Å². The van der Waals surface area contributed by atoms with Gasteiger partial charge >= 0.3 is 0 Å². The number of carbonyl (C=O) groups excluding carboxylic acids is 2. The summed E-state index contributed by atoms with van der Waals surface area (Å²) in [5.41, 5.74) is 0. The summed E-state index contributed by atoms with van der Waals surface area (Å²) in [6.07, 6.45) is 1.65. The highest BCUT2D eigenvalue weighted by molar-refractivity contribution is 5.97. The standard InChI is InChI=1S/C15H25NO4/c1-8-3-9(2)15(20)11(4-8)12(17)5-10-6-13(18)16-14(19)7-10/h8-12,15,17,20H,3-7H2,1-2H3,(H,16,18,19)/t8-,9-,11-,12+,15-/m0/s1. The quantitative estimate of drug-likeness (QED) is 0.670. The van der Waals surface area contributed by atoms with Crippen molar-refractivity contribution >= 4 is 11.8 Å². The maximum atomic E-state index is 11.3. The third-order valence-electron chi connectivity index (χ3n) is 4.77. The molecule has 1 heterocycles. The monoisotopic (exact) mass is 283 g/mol. The molecule has 0 aromatic rings. The van der Waals surface area contributed by atoms with Crippen molar-refractivity contribution in [3.8, 4) is 0 Å². The van der Waals surface area contributed by atoms with Crippen LogP contribution in [0, 0.1) is 23.7 Å². The van der Waals surface area contributed by atoms with Gasteiger partial charge in [0.05, 0.1) is 12.2 Å². The van der Waals surface area contributed by atoms with Crippen LogP contribution in [0.2, 0.25) is 0 Å². The summed E-state index contributed by atoms with van der Waals surface area (Å²) in [4.78, 5) is 22.7. The Kier molecular flexibility index (Phi) is 4.81. The summed E-state index contributed by atoms with van der Waals surface area (Å²) < 4.78 is 0. The Labute approximate surface area is 119 Å². The van der Waals surface area contributed by atoms with Crippen LogP contribution >= 0.6 is 0 Å². The van der Waals surface area contributed by atoms with E-state index in [0.717, 1.165) is 12.8 Å². The van der Waals surface area contributed by atoms with Gasteiger partial charge in [0, 0.05) is 18.8 Å². The Morgan fingerprint density at radius 2 is 1.80 bits per heavy atom. The van der Waals surface area contributed by atoms with Gasteiger partial charge in [0.15, 0.2) is 0 Å². The van der Waals surface area contributed by atoms with Crippen LogP contribution in [0.25, 0.3) is 0 Å².